The van der Waals surface area contributed by atoms with Crippen LogP contribution in [0.1, 0.15) is 42.6 Å². The van der Waals surface area contributed by atoms with Gasteiger partial charge < -0.3 is 15.2 Å². The van der Waals surface area contributed by atoms with E-state index in [1.807, 2.05) is 10.8 Å². The first kappa shape index (κ1) is 12.2. The molecule has 0 saturated heterocycles. The van der Waals surface area contributed by atoms with Crippen molar-refractivity contribution in [2.45, 2.75) is 38.6 Å². The van der Waals surface area contributed by atoms with Crippen LogP contribution in [0.5, 0.6) is 0 Å². The zero-order chi connectivity index (χ0) is 13.5. The quantitative estimate of drug-likeness (QED) is 0.884. The van der Waals surface area contributed by atoms with E-state index in [0.717, 1.165) is 43.8 Å². The number of anilines is 1. The number of hydrogen-bond acceptors (Lipinski definition) is 3. The van der Waals surface area contributed by atoms with Crippen molar-refractivity contribution in [2.75, 3.05) is 18.4 Å². The molecule has 3 atom stereocenters. The maximum absolute atomic E-state index is 12.2. The highest BCUT2D eigenvalue weighted by Crippen LogP contribution is 2.47. The van der Waals surface area contributed by atoms with Crippen molar-refractivity contribution in [1.82, 2.24) is 14.9 Å². The van der Waals surface area contributed by atoms with Gasteiger partial charge in [0.1, 0.15) is 5.69 Å². The Balaban J connectivity index is 1.37. The van der Waals surface area contributed by atoms with Crippen LogP contribution in [-0.2, 0) is 6.54 Å². The van der Waals surface area contributed by atoms with Crippen LogP contribution in [0.15, 0.2) is 6.20 Å². The second-order valence-electron chi connectivity index (χ2n) is 6.57. The molecule has 0 spiro atoms. The van der Waals surface area contributed by atoms with Crippen molar-refractivity contribution >= 4 is 11.9 Å². The molecule has 3 unspecified atom stereocenters. The Morgan fingerprint density at radius 2 is 2.40 bits per heavy atom. The minimum absolute atomic E-state index is 0.0172. The standard InChI is InChI=1S/C15H22N4O/c20-14(13-9-19-5-1-4-16-15(19)18-13)17-8-12-7-10-2-3-11(12)6-10/h9-12H,1-8H2,(H,16,18)(H,17,20). The zero-order valence-corrected chi connectivity index (χ0v) is 11.8. The molecular weight excluding hydrogens is 252 g/mol. The summed E-state index contributed by atoms with van der Waals surface area (Å²) >= 11 is 0. The zero-order valence-electron chi connectivity index (χ0n) is 11.8. The summed E-state index contributed by atoms with van der Waals surface area (Å²) in [5.41, 5.74) is 0.553. The van der Waals surface area contributed by atoms with Crippen molar-refractivity contribution in [3.8, 4) is 0 Å². The fraction of sp³-hybridized carbons (Fsp3) is 0.733. The van der Waals surface area contributed by atoms with Crippen LogP contribution in [-0.4, -0.2) is 28.5 Å². The minimum Gasteiger partial charge on any atom is -0.356 e. The molecule has 1 aromatic rings. The second kappa shape index (κ2) is 4.79. The fourth-order valence-corrected chi connectivity index (χ4v) is 4.23. The highest BCUT2D eigenvalue weighted by Gasteiger charge is 2.39. The highest BCUT2D eigenvalue weighted by atomic mass is 16.1. The number of carbonyl (C=O) groups excluding carboxylic acids is 1. The molecule has 5 nitrogen and oxygen atoms in total. The van der Waals surface area contributed by atoms with E-state index in [1.165, 1.54) is 25.7 Å². The first-order valence-electron chi connectivity index (χ1n) is 7.89. The Hall–Kier alpha value is -1.52. The number of imidazole rings is 1. The van der Waals surface area contributed by atoms with Crippen molar-refractivity contribution in [1.29, 1.82) is 0 Å². The summed E-state index contributed by atoms with van der Waals surface area (Å²) < 4.78 is 2.04. The predicted molar refractivity (Wildman–Crippen MR) is 76.6 cm³/mol. The van der Waals surface area contributed by atoms with Gasteiger partial charge in [-0.25, -0.2) is 4.98 Å². The van der Waals surface area contributed by atoms with E-state index in [9.17, 15) is 4.79 Å². The molecule has 4 rings (SSSR count). The normalized spacial score (nSPS) is 30.9. The molecule has 1 aliphatic heterocycles. The Morgan fingerprint density at radius 3 is 3.15 bits per heavy atom. The van der Waals surface area contributed by atoms with E-state index in [0.29, 0.717) is 11.6 Å². The van der Waals surface area contributed by atoms with Crippen LogP contribution >= 0.6 is 0 Å². The lowest BCUT2D eigenvalue weighted by Crippen LogP contribution is -2.31. The van der Waals surface area contributed by atoms with Crippen LogP contribution < -0.4 is 10.6 Å². The first-order valence-corrected chi connectivity index (χ1v) is 7.89. The van der Waals surface area contributed by atoms with E-state index in [-0.39, 0.29) is 5.91 Å². The molecule has 2 aliphatic carbocycles. The molecule has 5 heteroatoms. The van der Waals surface area contributed by atoms with E-state index in [4.69, 9.17) is 0 Å². The Bertz CT molecular complexity index is 500. The van der Waals surface area contributed by atoms with Gasteiger partial charge in [-0.3, -0.25) is 4.79 Å². The van der Waals surface area contributed by atoms with Crippen molar-refractivity contribution in [3.05, 3.63) is 11.9 Å². The van der Waals surface area contributed by atoms with Gasteiger partial charge in [-0.05, 0) is 43.4 Å². The number of aromatic nitrogens is 2. The third kappa shape index (κ3) is 2.09. The average molecular weight is 274 g/mol. The minimum atomic E-state index is -0.0172. The molecule has 20 heavy (non-hydrogen) atoms. The number of fused-ring (bicyclic) bond motifs is 3. The molecule has 2 bridgehead atoms. The van der Waals surface area contributed by atoms with Gasteiger partial charge in [0, 0.05) is 25.8 Å². The monoisotopic (exact) mass is 274 g/mol. The van der Waals surface area contributed by atoms with E-state index < -0.39 is 0 Å². The topological polar surface area (TPSA) is 59.0 Å². The van der Waals surface area contributed by atoms with Gasteiger partial charge in [-0.15, -0.1) is 0 Å². The predicted octanol–water partition coefficient (Wildman–Crippen LogP) is 1.86. The fourth-order valence-electron chi connectivity index (χ4n) is 4.23. The van der Waals surface area contributed by atoms with Crippen molar-refractivity contribution in [3.63, 3.8) is 0 Å². The second-order valence-corrected chi connectivity index (χ2v) is 6.57. The van der Waals surface area contributed by atoms with Crippen LogP contribution in [0, 0.1) is 17.8 Å². The van der Waals surface area contributed by atoms with Crippen molar-refractivity contribution < 1.29 is 4.79 Å². The summed E-state index contributed by atoms with van der Waals surface area (Å²) in [6, 6.07) is 0. The van der Waals surface area contributed by atoms with Crippen LogP contribution in [0.4, 0.5) is 5.95 Å². The molecule has 2 heterocycles. The Kier molecular flexibility index (Phi) is 2.93. The maximum Gasteiger partial charge on any atom is 0.271 e. The molecule has 2 N–H and O–H groups in total. The molecule has 3 aliphatic rings. The lowest BCUT2D eigenvalue weighted by Gasteiger charge is -2.21. The van der Waals surface area contributed by atoms with Gasteiger partial charge in [0.15, 0.2) is 0 Å². The molecular formula is C15H22N4O. The van der Waals surface area contributed by atoms with E-state index >= 15 is 0 Å². The van der Waals surface area contributed by atoms with E-state index in [2.05, 4.69) is 15.6 Å². The maximum atomic E-state index is 12.2. The summed E-state index contributed by atoms with van der Waals surface area (Å²) in [5, 5.41) is 6.32. The Morgan fingerprint density at radius 1 is 1.45 bits per heavy atom. The number of nitrogens with one attached hydrogen (secondary N) is 2. The molecule has 0 radical (unpaired) electrons. The summed E-state index contributed by atoms with van der Waals surface area (Å²) in [7, 11) is 0. The lowest BCUT2D eigenvalue weighted by atomic mass is 9.89. The molecule has 0 aromatic carbocycles. The SMILES string of the molecule is O=C(NCC1CC2CCC1C2)c1cn2c(n1)NCCC2. The number of nitrogens with zero attached hydrogens (tertiary/aromatic N) is 2. The third-order valence-electron chi connectivity index (χ3n) is 5.28. The van der Waals surface area contributed by atoms with E-state index in [1.54, 1.807) is 0 Å². The number of rotatable bonds is 3. The molecule has 2 fully saturated rings. The van der Waals surface area contributed by atoms with Gasteiger partial charge in [0.2, 0.25) is 5.95 Å². The lowest BCUT2D eigenvalue weighted by molar-refractivity contribution is 0.0937. The Labute approximate surface area is 119 Å². The van der Waals surface area contributed by atoms with Crippen LogP contribution in [0.2, 0.25) is 0 Å². The highest BCUT2D eigenvalue weighted by molar-refractivity contribution is 5.92. The largest absolute Gasteiger partial charge is 0.356 e. The van der Waals surface area contributed by atoms with Crippen LogP contribution in [0.25, 0.3) is 0 Å². The summed E-state index contributed by atoms with van der Waals surface area (Å²) in [6.07, 6.45) is 8.45. The number of hydrogen-bond donors (Lipinski definition) is 2. The third-order valence-corrected chi connectivity index (χ3v) is 5.28. The number of amides is 1. The van der Waals surface area contributed by atoms with Gasteiger partial charge in [-0.2, -0.15) is 0 Å². The van der Waals surface area contributed by atoms with Crippen molar-refractivity contribution in [2.24, 2.45) is 17.8 Å². The average Bonchev–Trinajstić information content (AvgIpc) is 3.18. The van der Waals surface area contributed by atoms with Gasteiger partial charge in [-0.1, -0.05) is 6.42 Å². The van der Waals surface area contributed by atoms with Gasteiger partial charge >= 0.3 is 0 Å². The number of carbonyl (C=O) groups is 1. The first-order chi connectivity index (χ1) is 9.79. The van der Waals surface area contributed by atoms with Gasteiger partial charge in [0.05, 0.1) is 0 Å². The molecule has 2 saturated carbocycles. The summed E-state index contributed by atoms with van der Waals surface area (Å²) in [5.74, 6) is 3.31. The molecule has 108 valence electrons. The summed E-state index contributed by atoms with van der Waals surface area (Å²) in [6.45, 7) is 2.73. The summed E-state index contributed by atoms with van der Waals surface area (Å²) in [4.78, 5) is 16.6. The molecule has 1 amide bonds. The van der Waals surface area contributed by atoms with Gasteiger partial charge in [0.25, 0.3) is 5.91 Å². The number of aryl methyl sites for hydroxylation is 1. The smallest absolute Gasteiger partial charge is 0.271 e. The van der Waals surface area contributed by atoms with Crippen LogP contribution in [0.3, 0.4) is 0 Å². The molecule has 1 aromatic heterocycles.